The van der Waals surface area contributed by atoms with Crippen LogP contribution in [0.3, 0.4) is 0 Å². The van der Waals surface area contributed by atoms with Crippen LogP contribution in [-0.2, 0) is 6.54 Å². The normalized spacial score (nSPS) is 12.6. The summed E-state index contributed by atoms with van der Waals surface area (Å²) < 4.78 is 0. The maximum atomic E-state index is 10.1. The first-order valence-corrected chi connectivity index (χ1v) is 7.05. The second-order valence-corrected chi connectivity index (χ2v) is 5.29. The third-order valence-corrected chi connectivity index (χ3v) is 3.36. The van der Waals surface area contributed by atoms with Crippen molar-refractivity contribution in [1.82, 2.24) is 10.3 Å². The molecule has 2 aromatic rings. The molecule has 0 amide bonds. The second kappa shape index (κ2) is 7.17. The Bertz CT molecular complexity index is 508. The van der Waals surface area contributed by atoms with Crippen LogP contribution in [-0.4, -0.2) is 16.6 Å². The SMILES string of the molecule is CC(C)c1ccc(C(O)CNCc2ccccn2)cc1. The number of aliphatic hydroxyl groups is 1. The highest BCUT2D eigenvalue weighted by Crippen LogP contribution is 2.18. The van der Waals surface area contributed by atoms with Crippen LogP contribution in [0.4, 0.5) is 0 Å². The molecule has 0 radical (unpaired) electrons. The molecule has 3 heteroatoms. The van der Waals surface area contributed by atoms with Crippen molar-refractivity contribution in [3.63, 3.8) is 0 Å². The molecule has 1 unspecified atom stereocenters. The average Bonchev–Trinajstić information content (AvgIpc) is 2.48. The van der Waals surface area contributed by atoms with E-state index in [-0.39, 0.29) is 0 Å². The van der Waals surface area contributed by atoms with Gasteiger partial charge in [-0.05, 0) is 29.2 Å². The summed E-state index contributed by atoms with van der Waals surface area (Å²) in [7, 11) is 0. The second-order valence-electron chi connectivity index (χ2n) is 5.29. The van der Waals surface area contributed by atoms with E-state index in [0.29, 0.717) is 19.0 Å². The van der Waals surface area contributed by atoms with Crippen molar-refractivity contribution in [2.24, 2.45) is 0 Å². The summed E-state index contributed by atoms with van der Waals surface area (Å²) in [5.41, 5.74) is 3.22. The van der Waals surface area contributed by atoms with Gasteiger partial charge in [-0.1, -0.05) is 44.2 Å². The number of hydrogen-bond donors (Lipinski definition) is 2. The van der Waals surface area contributed by atoms with Crippen LogP contribution in [0.15, 0.2) is 48.7 Å². The maximum absolute atomic E-state index is 10.1. The Morgan fingerprint density at radius 3 is 2.35 bits per heavy atom. The smallest absolute Gasteiger partial charge is 0.0914 e. The van der Waals surface area contributed by atoms with Gasteiger partial charge in [0.05, 0.1) is 11.8 Å². The molecule has 106 valence electrons. The summed E-state index contributed by atoms with van der Waals surface area (Å²) in [5.74, 6) is 0.517. The molecule has 0 bridgehead atoms. The van der Waals surface area contributed by atoms with Crippen molar-refractivity contribution >= 4 is 0 Å². The van der Waals surface area contributed by atoms with Crippen molar-refractivity contribution in [2.45, 2.75) is 32.4 Å². The predicted molar refractivity (Wildman–Crippen MR) is 81.4 cm³/mol. The van der Waals surface area contributed by atoms with Gasteiger partial charge in [-0.25, -0.2) is 0 Å². The fraction of sp³-hybridized carbons (Fsp3) is 0.353. The molecule has 20 heavy (non-hydrogen) atoms. The van der Waals surface area contributed by atoms with Gasteiger partial charge in [0.15, 0.2) is 0 Å². The third-order valence-electron chi connectivity index (χ3n) is 3.36. The molecule has 1 heterocycles. The van der Waals surface area contributed by atoms with Gasteiger partial charge in [0.1, 0.15) is 0 Å². The minimum atomic E-state index is -0.486. The molecule has 2 rings (SSSR count). The van der Waals surface area contributed by atoms with Crippen molar-refractivity contribution in [1.29, 1.82) is 0 Å². The lowest BCUT2D eigenvalue weighted by Gasteiger charge is -2.13. The van der Waals surface area contributed by atoms with Gasteiger partial charge >= 0.3 is 0 Å². The molecule has 0 saturated heterocycles. The standard InChI is InChI=1S/C17H22N2O/c1-13(2)14-6-8-15(9-7-14)17(20)12-18-11-16-5-3-4-10-19-16/h3-10,13,17-18,20H,11-12H2,1-2H3. The molecule has 1 atom stereocenters. The minimum absolute atomic E-state index is 0.486. The fourth-order valence-corrected chi connectivity index (χ4v) is 2.06. The number of nitrogens with zero attached hydrogens (tertiary/aromatic N) is 1. The average molecular weight is 270 g/mol. The molecule has 0 aliphatic carbocycles. The zero-order valence-corrected chi connectivity index (χ0v) is 12.1. The van der Waals surface area contributed by atoms with Crippen LogP contribution in [0.1, 0.15) is 42.7 Å². The van der Waals surface area contributed by atoms with Crippen LogP contribution >= 0.6 is 0 Å². The number of benzene rings is 1. The molecule has 0 fully saturated rings. The molecule has 0 saturated carbocycles. The summed E-state index contributed by atoms with van der Waals surface area (Å²) >= 11 is 0. The minimum Gasteiger partial charge on any atom is -0.387 e. The zero-order valence-electron chi connectivity index (χ0n) is 12.1. The topological polar surface area (TPSA) is 45.1 Å². The highest BCUT2D eigenvalue weighted by atomic mass is 16.3. The first-order valence-electron chi connectivity index (χ1n) is 7.05. The number of aliphatic hydroxyl groups excluding tert-OH is 1. The largest absolute Gasteiger partial charge is 0.387 e. The Labute approximate surface area is 120 Å². The summed E-state index contributed by atoms with van der Waals surface area (Å²) in [6, 6.07) is 14.0. The Morgan fingerprint density at radius 2 is 1.75 bits per heavy atom. The van der Waals surface area contributed by atoms with E-state index >= 15 is 0 Å². The van der Waals surface area contributed by atoms with E-state index in [4.69, 9.17) is 0 Å². The molecular formula is C17H22N2O. The molecular weight excluding hydrogens is 248 g/mol. The highest BCUT2D eigenvalue weighted by molar-refractivity contribution is 5.26. The van der Waals surface area contributed by atoms with Crippen molar-refractivity contribution in [2.75, 3.05) is 6.54 Å². The monoisotopic (exact) mass is 270 g/mol. The quantitative estimate of drug-likeness (QED) is 0.848. The van der Waals surface area contributed by atoms with E-state index < -0.39 is 6.10 Å². The molecule has 0 spiro atoms. The number of hydrogen-bond acceptors (Lipinski definition) is 3. The van der Waals surface area contributed by atoms with E-state index in [1.165, 1.54) is 5.56 Å². The molecule has 1 aromatic carbocycles. The summed E-state index contributed by atoms with van der Waals surface area (Å²) in [6.45, 7) is 5.53. The summed E-state index contributed by atoms with van der Waals surface area (Å²) in [4.78, 5) is 4.24. The Kier molecular flexibility index (Phi) is 5.27. The lowest BCUT2D eigenvalue weighted by molar-refractivity contribution is 0.174. The van der Waals surface area contributed by atoms with Crippen molar-refractivity contribution < 1.29 is 5.11 Å². The van der Waals surface area contributed by atoms with Gasteiger partial charge < -0.3 is 10.4 Å². The molecule has 1 aromatic heterocycles. The van der Waals surface area contributed by atoms with E-state index in [2.05, 4.69) is 36.3 Å². The van der Waals surface area contributed by atoms with E-state index in [1.807, 2.05) is 30.3 Å². The first-order chi connectivity index (χ1) is 9.66. The highest BCUT2D eigenvalue weighted by Gasteiger charge is 2.07. The van der Waals surface area contributed by atoms with Gasteiger partial charge in [-0.2, -0.15) is 0 Å². The fourth-order valence-electron chi connectivity index (χ4n) is 2.06. The van der Waals surface area contributed by atoms with E-state index in [0.717, 1.165) is 11.3 Å². The number of pyridine rings is 1. The Hall–Kier alpha value is -1.71. The van der Waals surface area contributed by atoms with Crippen LogP contribution in [0, 0.1) is 0 Å². The Morgan fingerprint density at radius 1 is 1.05 bits per heavy atom. The van der Waals surface area contributed by atoms with Gasteiger partial charge in [0, 0.05) is 19.3 Å². The van der Waals surface area contributed by atoms with Crippen molar-refractivity contribution in [3.05, 3.63) is 65.5 Å². The van der Waals surface area contributed by atoms with Gasteiger partial charge in [-0.3, -0.25) is 4.98 Å². The molecule has 0 aliphatic rings. The zero-order chi connectivity index (χ0) is 14.4. The number of rotatable bonds is 6. The molecule has 0 aliphatic heterocycles. The van der Waals surface area contributed by atoms with Crippen molar-refractivity contribution in [3.8, 4) is 0 Å². The molecule has 2 N–H and O–H groups in total. The van der Waals surface area contributed by atoms with Gasteiger partial charge in [-0.15, -0.1) is 0 Å². The van der Waals surface area contributed by atoms with Gasteiger partial charge in [0.2, 0.25) is 0 Å². The number of aromatic nitrogens is 1. The molecule has 3 nitrogen and oxygen atoms in total. The van der Waals surface area contributed by atoms with Crippen LogP contribution < -0.4 is 5.32 Å². The van der Waals surface area contributed by atoms with E-state index in [9.17, 15) is 5.11 Å². The maximum Gasteiger partial charge on any atom is 0.0914 e. The lowest BCUT2D eigenvalue weighted by Crippen LogP contribution is -2.21. The summed E-state index contributed by atoms with van der Waals surface area (Å²) in [6.07, 6.45) is 1.29. The van der Waals surface area contributed by atoms with Gasteiger partial charge in [0.25, 0.3) is 0 Å². The third kappa shape index (κ3) is 4.15. The first kappa shape index (κ1) is 14.7. The van der Waals surface area contributed by atoms with Crippen LogP contribution in [0.2, 0.25) is 0 Å². The number of nitrogens with one attached hydrogen (secondary N) is 1. The summed E-state index contributed by atoms with van der Waals surface area (Å²) in [5, 5.41) is 13.4. The Balaban J connectivity index is 1.84. The predicted octanol–water partition coefficient (Wildman–Crippen LogP) is 3.03. The van der Waals surface area contributed by atoms with Crippen LogP contribution in [0.5, 0.6) is 0 Å². The lowest BCUT2D eigenvalue weighted by atomic mass is 10.00. The van der Waals surface area contributed by atoms with Crippen LogP contribution in [0.25, 0.3) is 0 Å². The van der Waals surface area contributed by atoms with E-state index in [1.54, 1.807) is 6.20 Å².